The first-order chi connectivity index (χ1) is 23.5. The Hall–Kier alpha value is -4.14. The molecule has 0 spiro atoms. The minimum Gasteiger partial charge on any atom is -0.508 e. The number of hydrogen-bond acceptors (Lipinski definition) is 8. The lowest BCUT2D eigenvalue weighted by Crippen LogP contribution is -2.44. The van der Waals surface area contributed by atoms with Crippen LogP contribution in [0.25, 0.3) is 32.9 Å². The molecule has 3 aliphatic heterocycles. The Morgan fingerprint density at radius 2 is 1.90 bits per heavy atom. The lowest BCUT2D eigenvalue weighted by atomic mass is 9.94. The summed E-state index contributed by atoms with van der Waals surface area (Å²) in [5.41, 5.74) is -1.15. The second kappa shape index (κ2) is 13.0. The predicted octanol–water partition coefficient (Wildman–Crippen LogP) is 7.22. The SMILES string of the molecule is CCc1c(F)ccc2cc(O)cc(-c3nc4c5c(nc(OC[C@@]67CCCN6C[C@H](F)C7)nc5c3F)N(CCC(F)F)C(CC(F)F)CO4)c12. The third-order valence-corrected chi connectivity index (χ3v) is 9.87. The molecule has 0 aliphatic carbocycles. The standard InChI is InChI=1S/C34H34F7N5O3/c1-2-21-23(36)5-4-17-10-20(47)12-22(26(17)21)29-28(41)30-27-31(44-33(43-30)49-16-34-7-3-8-45(34)14-18(35)13-34)46(9-6-24(37)38)19(11-25(39)40)15-48-32(27)42-29/h4-5,10,12,18-19,24-25,47H,2-3,6-9,11,13-16H2,1H3/t18-,19?,34+/m1/s1. The normalized spacial score (nSPS) is 22.4. The number of halogens is 7. The monoisotopic (exact) mass is 693 g/mol. The summed E-state index contributed by atoms with van der Waals surface area (Å²) in [7, 11) is 0. The second-order valence-corrected chi connectivity index (χ2v) is 12.9. The number of phenolic OH excluding ortho intramolecular Hbond substituents is 1. The molecule has 0 bridgehead atoms. The molecule has 2 aromatic heterocycles. The molecule has 49 heavy (non-hydrogen) atoms. The summed E-state index contributed by atoms with van der Waals surface area (Å²) in [6.45, 7) is 1.73. The highest BCUT2D eigenvalue weighted by Gasteiger charge is 2.49. The molecule has 7 rings (SSSR count). The molecule has 1 N–H and O–H groups in total. The summed E-state index contributed by atoms with van der Waals surface area (Å²) in [6, 6.07) is 3.79. The van der Waals surface area contributed by atoms with Gasteiger partial charge in [-0.2, -0.15) is 9.97 Å². The van der Waals surface area contributed by atoms with E-state index in [0.717, 1.165) is 6.42 Å². The van der Waals surface area contributed by atoms with Crippen molar-refractivity contribution in [1.82, 2.24) is 19.9 Å². The zero-order valence-corrected chi connectivity index (χ0v) is 26.5. The van der Waals surface area contributed by atoms with Gasteiger partial charge in [-0.3, -0.25) is 4.90 Å². The van der Waals surface area contributed by atoms with Gasteiger partial charge >= 0.3 is 6.01 Å². The topological polar surface area (TPSA) is 83.8 Å². The molecule has 5 heterocycles. The van der Waals surface area contributed by atoms with Crippen LogP contribution >= 0.6 is 0 Å². The van der Waals surface area contributed by atoms with Crippen molar-refractivity contribution in [1.29, 1.82) is 0 Å². The smallest absolute Gasteiger partial charge is 0.319 e. The van der Waals surface area contributed by atoms with Crippen molar-refractivity contribution in [2.45, 2.75) is 76.1 Å². The molecule has 4 aromatic rings. The van der Waals surface area contributed by atoms with E-state index >= 15 is 8.78 Å². The average Bonchev–Trinajstić information content (AvgIpc) is 3.53. The molecular weight excluding hydrogens is 659 g/mol. The highest BCUT2D eigenvalue weighted by atomic mass is 19.3. The molecule has 2 aromatic carbocycles. The molecule has 3 atom stereocenters. The molecule has 262 valence electrons. The zero-order valence-electron chi connectivity index (χ0n) is 26.5. The van der Waals surface area contributed by atoms with E-state index in [1.165, 1.54) is 29.2 Å². The highest BCUT2D eigenvalue weighted by Crippen LogP contribution is 2.45. The Morgan fingerprint density at radius 1 is 1.08 bits per heavy atom. The van der Waals surface area contributed by atoms with Crippen LogP contribution in [0.2, 0.25) is 0 Å². The molecule has 0 radical (unpaired) electrons. The number of rotatable bonds is 10. The molecular formula is C34H34F7N5O3. The number of ether oxygens (including phenoxy) is 2. The largest absolute Gasteiger partial charge is 0.508 e. The van der Waals surface area contributed by atoms with Gasteiger partial charge in [-0.15, -0.1) is 0 Å². The van der Waals surface area contributed by atoms with Gasteiger partial charge in [0.2, 0.25) is 18.7 Å². The first-order valence-corrected chi connectivity index (χ1v) is 16.3. The Balaban J connectivity index is 1.44. The molecule has 15 heteroatoms. The number of benzene rings is 2. The molecule has 2 saturated heterocycles. The quantitative estimate of drug-likeness (QED) is 0.175. The van der Waals surface area contributed by atoms with Crippen LogP contribution in [0.15, 0.2) is 24.3 Å². The predicted molar refractivity (Wildman–Crippen MR) is 168 cm³/mol. The van der Waals surface area contributed by atoms with Crippen LogP contribution < -0.4 is 14.4 Å². The number of fused-ring (bicyclic) bond motifs is 2. The van der Waals surface area contributed by atoms with E-state index in [0.29, 0.717) is 18.4 Å². The fourth-order valence-electron chi connectivity index (χ4n) is 7.70. The number of hydrogen-bond donors (Lipinski definition) is 1. The average molecular weight is 694 g/mol. The third kappa shape index (κ3) is 6.03. The van der Waals surface area contributed by atoms with Gasteiger partial charge in [0, 0.05) is 37.9 Å². The van der Waals surface area contributed by atoms with Crippen molar-refractivity contribution in [2.75, 3.05) is 37.7 Å². The van der Waals surface area contributed by atoms with E-state index in [9.17, 15) is 27.1 Å². The van der Waals surface area contributed by atoms with Crippen molar-refractivity contribution >= 4 is 27.5 Å². The van der Waals surface area contributed by atoms with E-state index in [1.54, 1.807) is 6.92 Å². The van der Waals surface area contributed by atoms with Crippen molar-refractivity contribution in [3.8, 4) is 28.9 Å². The first-order valence-electron chi connectivity index (χ1n) is 16.3. The highest BCUT2D eigenvalue weighted by molar-refractivity contribution is 6.03. The second-order valence-electron chi connectivity index (χ2n) is 12.9. The summed E-state index contributed by atoms with van der Waals surface area (Å²) < 4.78 is 113. The van der Waals surface area contributed by atoms with Gasteiger partial charge < -0.3 is 19.5 Å². The molecule has 8 nitrogen and oxygen atoms in total. The third-order valence-electron chi connectivity index (χ3n) is 9.87. The van der Waals surface area contributed by atoms with Gasteiger partial charge in [0.25, 0.3) is 0 Å². The number of aromatic hydroxyl groups is 1. The van der Waals surface area contributed by atoms with E-state index in [1.807, 2.05) is 4.90 Å². The van der Waals surface area contributed by atoms with Crippen LogP contribution in [-0.2, 0) is 6.42 Å². The van der Waals surface area contributed by atoms with Crippen molar-refractivity contribution in [3.63, 3.8) is 0 Å². The maximum atomic E-state index is 17.0. The summed E-state index contributed by atoms with van der Waals surface area (Å²) in [5.74, 6) is -2.27. The summed E-state index contributed by atoms with van der Waals surface area (Å²) >= 11 is 0. The van der Waals surface area contributed by atoms with Crippen molar-refractivity contribution in [2.24, 2.45) is 0 Å². The zero-order chi connectivity index (χ0) is 34.6. The van der Waals surface area contributed by atoms with Crippen molar-refractivity contribution in [3.05, 3.63) is 41.5 Å². The molecule has 0 saturated carbocycles. The lowest BCUT2D eigenvalue weighted by molar-refractivity contribution is 0.107. The molecule has 3 aliphatic rings. The number of phenols is 1. The van der Waals surface area contributed by atoms with Gasteiger partial charge in [0.1, 0.15) is 53.4 Å². The number of pyridine rings is 1. The minimum atomic E-state index is -2.85. The maximum Gasteiger partial charge on any atom is 0.319 e. The fourth-order valence-corrected chi connectivity index (χ4v) is 7.70. The maximum absolute atomic E-state index is 17.0. The molecule has 0 amide bonds. The number of aryl methyl sites for hydroxylation is 1. The summed E-state index contributed by atoms with van der Waals surface area (Å²) in [6.07, 6.45) is -6.28. The van der Waals surface area contributed by atoms with Crippen LogP contribution in [0, 0.1) is 11.6 Å². The van der Waals surface area contributed by atoms with Crippen LogP contribution in [0.4, 0.5) is 36.6 Å². The minimum absolute atomic E-state index is 0.0246. The lowest BCUT2D eigenvalue weighted by Gasteiger charge is -2.32. The summed E-state index contributed by atoms with van der Waals surface area (Å²) in [4.78, 5) is 16.5. The number of aromatic nitrogens is 3. The number of nitrogens with zero attached hydrogens (tertiary/aromatic N) is 5. The Morgan fingerprint density at radius 3 is 2.65 bits per heavy atom. The van der Waals surface area contributed by atoms with E-state index in [2.05, 4.69) is 15.0 Å². The van der Waals surface area contributed by atoms with Crippen LogP contribution in [0.3, 0.4) is 0 Å². The number of anilines is 1. The van der Waals surface area contributed by atoms with Crippen LogP contribution in [0.5, 0.6) is 17.6 Å². The fraction of sp³-hybridized carbons (Fsp3) is 0.500. The van der Waals surface area contributed by atoms with Gasteiger partial charge in [-0.1, -0.05) is 13.0 Å². The number of alkyl halides is 5. The summed E-state index contributed by atoms with van der Waals surface area (Å²) in [5, 5.41) is 11.2. The van der Waals surface area contributed by atoms with Gasteiger partial charge in [-0.05, 0) is 60.3 Å². The van der Waals surface area contributed by atoms with E-state index in [-0.39, 0.29) is 77.0 Å². The Kier molecular flexibility index (Phi) is 8.82. The first kappa shape index (κ1) is 33.4. The Bertz CT molecular complexity index is 1900. The van der Waals surface area contributed by atoms with E-state index < -0.39 is 73.7 Å². The van der Waals surface area contributed by atoms with Crippen molar-refractivity contribution < 1.29 is 45.3 Å². The van der Waals surface area contributed by atoms with Gasteiger partial charge in [-0.25, -0.2) is 35.7 Å². The van der Waals surface area contributed by atoms with Crippen LogP contribution in [0.1, 0.15) is 44.6 Å². The van der Waals surface area contributed by atoms with Gasteiger partial charge in [0.05, 0.1) is 11.6 Å². The van der Waals surface area contributed by atoms with Gasteiger partial charge in [0.15, 0.2) is 5.82 Å². The molecule has 1 unspecified atom stereocenters. The van der Waals surface area contributed by atoms with E-state index in [4.69, 9.17) is 9.47 Å². The van der Waals surface area contributed by atoms with Crippen LogP contribution in [-0.4, -0.2) is 88.4 Å². The Labute approximate surface area is 276 Å². The molecule has 2 fully saturated rings.